The average Bonchev–Trinajstić information content (AvgIpc) is 3.31. The van der Waals surface area contributed by atoms with Crippen molar-refractivity contribution in [2.75, 3.05) is 19.8 Å². The number of benzene rings is 3. The lowest BCUT2D eigenvalue weighted by atomic mass is 9.93. The number of esters is 1. The summed E-state index contributed by atoms with van der Waals surface area (Å²) in [6, 6.07) is 21.1. The molecule has 0 unspecified atom stereocenters. The zero-order valence-electron chi connectivity index (χ0n) is 22.9. The number of fused-ring (bicyclic) bond motifs is 1. The van der Waals surface area contributed by atoms with Gasteiger partial charge in [-0.25, -0.2) is 14.2 Å². The Morgan fingerprint density at radius 2 is 1.81 bits per heavy atom. The topological polar surface area (TPSA) is 103 Å². The Hall–Kier alpha value is -5.01. The number of hydrogen-bond acceptors (Lipinski definition) is 8. The molecule has 1 aromatic heterocycles. The lowest BCUT2D eigenvalue weighted by molar-refractivity contribution is -0.138. The summed E-state index contributed by atoms with van der Waals surface area (Å²) in [6.45, 7) is 3.91. The van der Waals surface area contributed by atoms with Gasteiger partial charge in [0.1, 0.15) is 11.9 Å². The van der Waals surface area contributed by atoms with E-state index < -0.39 is 17.8 Å². The molecule has 0 saturated heterocycles. The lowest BCUT2D eigenvalue weighted by Crippen LogP contribution is -2.40. The van der Waals surface area contributed by atoms with Crippen molar-refractivity contribution < 1.29 is 23.4 Å². The van der Waals surface area contributed by atoms with Crippen LogP contribution < -0.4 is 24.4 Å². The number of thiazole rings is 1. The molecule has 0 saturated carbocycles. The minimum atomic E-state index is -0.904. The van der Waals surface area contributed by atoms with Gasteiger partial charge in [0.05, 0.1) is 35.1 Å². The van der Waals surface area contributed by atoms with Crippen LogP contribution in [0.4, 0.5) is 4.39 Å². The van der Waals surface area contributed by atoms with Crippen LogP contribution in [0.15, 0.2) is 88.2 Å². The van der Waals surface area contributed by atoms with Crippen LogP contribution in [-0.2, 0) is 9.53 Å². The quantitative estimate of drug-likeness (QED) is 0.271. The summed E-state index contributed by atoms with van der Waals surface area (Å²) in [5.41, 5.74) is 2.08. The van der Waals surface area contributed by atoms with Gasteiger partial charge in [0, 0.05) is 5.56 Å². The molecule has 3 aromatic carbocycles. The van der Waals surface area contributed by atoms with Crippen LogP contribution in [0.3, 0.4) is 0 Å². The summed E-state index contributed by atoms with van der Waals surface area (Å²) in [5, 5.41) is 8.88. The predicted molar refractivity (Wildman–Crippen MR) is 156 cm³/mol. The van der Waals surface area contributed by atoms with Gasteiger partial charge in [-0.1, -0.05) is 59.9 Å². The van der Waals surface area contributed by atoms with Crippen LogP contribution in [0.2, 0.25) is 0 Å². The molecule has 0 aliphatic carbocycles. The molecule has 4 aromatic rings. The van der Waals surface area contributed by atoms with E-state index in [-0.39, 0.29) is 24.3 Å². The van der Waals surface area contributed by atoms with Crippen LogP contribution in [0.25, 0.3) is 11.8 Å². The molecule has 0 N–H and O–H groups in total. The van der Waals surface area contributed by atoms with Gasteiger partial charge in [0.15, 0.2) is 22.9 Å². The first kappa shape index (κ1) is 28.5. The molecule has 42 heavy (non-hydrogen) atoms. The molecular weight excluding hydrogens is 557 g/mol. The second-order valence-electron chi connectivity index (χ2n) is 9.07. The number of nitrogens with zero attached hydrogens (tertiary/aromatic N) is 3. The predicted octanol–water partition coefficient (Wildman–Crippen LogP) is 4.38. The molecule has 0 fully saturated rings. The molecule has 0 bridgehead atoms. The van der Waals surface area contributed by atoms with E-state index >= 15 is 0 Å². The van der Waals surface area contributed by atoms with Gasteiger partial charge < -0.3 is 14.2 Å². The van der Waals surface area contributed by atoms with E-state index in [1.54, 1.807) is 43.3 Å². The van der Waals surface area contributed by atoms with Gasteiger partial charge in [-0.05, 0) is 55.3 Å². The third kappa shape index (κ3) is 5.73. The van der Waals surface area contributed by atoms with Gasteiger partial charge in [0.2, 0.25) is 0 Å². The fourth-order valence-electron chi connectivity index (χ4n) is 4.66. The van der Waals surface area contributed by atoms with E-state index in [0.717, 1.165) is 0 Å². The van der Waals surface area contributed by atoms with Gasteiger partial charge in [-0.3, -0.25) is 9.36 Å². The molecule has 8 nitrogen and oxygen atoms in total. The third-order valence-corrected chi connectivity index (χ3v) is 7.40. The second-order valence-corrected chi connectivity index (χ2v) is 10.1. The molecule has 1 aliphatic heterocycles. The summed E-state index contributed by atoms with van der Waals surface area (Å²) in [7, 11) is 0. The van der Waals surface area contributed by atoms with E-state index in [1.807, 2.05) is 43.3 Å². The summed E-state index contributed by atoms with van der Waals surface area (Å²) < 4.78 is 32.4. The van der Waals surface area contributed by atoms with Crippen LogP contribution in [0.5, 0.6) is 11.5 Å². The van der Waals surface area contributed by atoms with Gasteiger partial charge in [0.25, 0.3) is 5.56 Å². The zero-order chi connectivity index (χ0) is 29.6. The number of aromatic nitrogens is 1. The highest BCUT2D eigenvalue weighted by Gasteiger charge is 2.35. The lowest BCUT2D eigenvalue weighted by Gasteiger charge is -2.25. The molecule has 0 amide bonds. The van der Waals surface area contributed by atoms with Crippen molar-refractivity contribution in [2.24, 2.45) is 4.99 Å². The molecule has 0 radical (unpaired) electrons. The van der Waals surface area contributed by atoms with Gasteiger partial charge >= 0.3 is 5.97 Å². The van der Waals surface area contributed by atoms with Crippen LogP contribution in [0, 0.1) is 17.1 Å². The molecule has 2 heterocycles. The number of ether oxygens (including phenoxy) is 3. The Balaban J connectivity index is 1.74. The van der Waals surface area contributed by atoms with Crippen molar-refractivity contribution in [1.82, 2.24) is 4.57 Å². The number of hydrogen-bond donors (Lipinski definition) is 0. The maximum absolute atomic E-state index is 14.0. The first-order valence-corrected chi connectivity index (χ1v) is 14.1. The number of carbonyl (C=O) groups excluding carboxylic acids is 1. The summed E-state index contributed by atoms with van der Waals surface area (Å²) in [5.74, 6) is -0.198. The molecule has 0 spiro atoms. The molecule has 5 rings (SSSR count). The van der Waals surface area contributed by atoms with Crippen molar-refractivity contribution in [3.05, 3.63) is 121 Å². The molecule has 10 heteroatoms. The Bertz CT molecular complexity index is 1870. The van der Waals surface area contributed by atoms with Crippen molar-refractivity contribution >= 4 is 29.1 Å². The van der Waals surface area contributed by atoms with Crippen molar-refractivity contribution in [1.29, 1.82) is 5.26 Å². The Morgan fingerprint density at radius 3 is 2.50 bits per heavy atom. The largest absolute Gasteiger partial charge is 0.490 e. The van der Waals surface area contributed by atoms with E-state index in [9.17, 15) is 14.0 Å². The summed E-state index contributed by atoms with van der Waals surface area (Å²) in [6.07, 6.45) is 1.71. The average molecular weight is 584 g/mol. The number of rotatable bonds is 9. The van der Waals surface area contributed by atoms with Crippen LogP contribution >= 0.6 is 11.3 Å². The van der Waals surface area contributed by atoms with E-state index in [1.165, 1.54) is 28.0 Å². The molecule has 212 valence electrons. The zero-order valence-corrected chi connectivity index (χ0v) is 23.7. The maximum Gasteiger partial charge on any atom is 0.338 e. The standard InChI is InChI=1S/C32H26FN3O5S/c1-3-39-25-18-20(10-15-24(25)41-17-16-34)19-26-30(37)36-29(22-11-13-23(33)14-12-22)27(31(38)40-4-2)28(35-32(36)42-26)21-8-6-5-7-9-21/h5-15,18-19,29H,3-4,17H2,1-2H3/t29-/m1/s1. The molecular formula is C32H26FN3O5S. The first-order chi connectivity index (χ1) is 20.4. The maximum atomic E-state index is 14.0. The van der Waals surface area contributed by atoms with Crippen molar-refractivity contribution in [3.63, 3.8) is 0 Å². The van der Waals surface area contributed by atoms with Gasteiger partial charge in [-0.15, -0.1) is 0 Å². The van der Waals surface area contributed by atoms with E-state index in [2.05, 4.69) is 0 Å². The number of halogens is 1. The SMILES string of the molecule is CCOC(=O)C1=C(c2ccccc2)N=c2sc(=Cc3ccc(OCC#N)c(OCC)c3)c(=O)n2[C@@H]1c1ccc(F)cc1. The highest BCUT2D eigenvalue weighted by Crippen LogP contribution is 2.35. The number of nitriles is 1. The molecule has 1 aliphatic rings. The Labute approximate surface area is 244 Å². The van der Waals surface area contributed by atoms with Crippen molar-refractivity contribution in [2.45, 2.75) is 19.9 Å². The first-order valence-electron chi connectivity index (χ1n) is 13.3. The summed E-state index contributed by atoms with van der Waals surface area (Å²) in [4.78, 5) is 32.7. The fourth-order valence-corrected chi connectivity index (χ4v) is 5.67. The van der Waals surface area contributed by atoms with Gasteiger partial charge in [-0.2, -0.15) is 5.26 Å². The molecule has 1 atom stereocenters. The number of carbonyl (C=O) groups is 1. The van der Waals surface area contributed by atoms with Crippen LogP contribution in [-0.4, -0.2) is 30.4 Å². The summed E-state index contributed by atoms with van der Waals surface area (Å²) >= 11 is 1.17. The van der Waals surface area contributed by atoms with E-state index in [0.29, 0.717) is 49.8 Å². The monoisotopic (exact) mass is 583 g/mol. The minimum Gasteiger partial charge on any atom is -0.490 e. The highest BCUT2D eigenvalue weighted by atomic mass is 32.1. The third-order valence-electron chi connectivity index (χ3n) is 6.42. The Kier molecular flexibility index (Phi) is 8.60. The van der Waals surface area contributed by atoms with Crippen molar-refractivity contribution in [3.8, 4) is 17.6 Å². The highest BCUT2D eigenvalue weighted by molar-refractivity contribution is 7.07. The normalized spacial score (nSPS) is 14.5. The fraction of sp³-hybridized carbons (Fsp3) is 0.188. The van der Waals surface area contributed by atoms with Crippen LogP contribution in [0.1, 0.15) is 36.6 Å². The smallest absolute Gasteiger partial charge is 0.338 e. The second kappa shape index (κ2) is 12.7. The Morgan fingerprint density at radius 1 is 1.05 bits per heavy atom. The van der Waals surface area contributed by atoms with E-state index in [4.69, 9.17) is 24.5 Å². The minimum absolute atomic E-state index is 0.126.